The lowest BCUT2D eigenvalue weighted by atomic mass is 10.00. The maximum Gasteiger partial charge on any atom is 0.414 e. The SMILES string of the molecule is CN(C(=O)OCc1ccccc1)c1cccc(-c2ccccc2C=O)c1. The van der Waals surface area contributed by atoms with Gasteiger partial charge >= 0.3 is 6.09 Å². The van der Waals surface area contributed by atoms with Gasteiger partial charge in [0.15, 0.2) is 6.29 Å². The molecule has 4 nitrogen and oxygen atoms in total. The van der Waals surface area contributed by atoms with Crippen LogP contribution in [0.4, 0.5) is 10.5 Å². The maximum absolute atomic E-state index is 12.3. The largest absolute Gasteiger partial charge is 0.444 e. The molecule has 0 aliphatic rings. The summed E-state index contributed by atoms with van der Waals surface area (Å²) in [5.41, 5.74) is 3.94. The van der Waals surface area contributed by atoms with E-state index < -0.39 is 6.09 Å². The first-order valence-corrected chi connectivity index (χ1v) is 8.28. The van der Waals surface area contributed by atoms with Crippen LogP contribution in [0.25, 0.3) is 11.1 Å². The molecular weight excluding hydrogens is 326 g/mol. The molecule has 0 heterocycles. The number of anilines is 1. The van der Waals surface area contributed by atoms with Crippen molar-refractivity contribution in [3.8, 4) is 11.1 Å². The highest BCUT2D eigenvalue weighted by Crippen LogP contribution is 2.26. The van der Waals surface area contributed by atoms with Gasteiger partial charge in [0.2, 0.25) is 0 Å². The minimum absolute atomic E-state index is 0.220. The Morgan fingerprint density at radius 2 is 1.69 bits per heavy atom. The van der Waals surface area contributed by atoms with Gasteiger partial charge in [-0.2, -0.15) is 0 Å². The molecule has 0 unspecified atom stereocenters. The Balaban J connectivity index is 1.76. The number of rotatable bonds is 5. The van der Waals surface area contributed by atoms with E-state index in [4.69, 9.17) is 4.74 Å². The zero-order chi connectivity index (χ0) is 18.4. The number of hydrogen-bond donors (Lipinski definition) is 0. The molecule has 26 heavy (non-hydrogen) atoms. The van der Waals surface area contributed by atoms with E-state index in [0.29, 0.717) is 11.3 Å². The van der Waals surface area contributed by atoms with E-state index in [1.807, 2.05) is 72.8 Å². The lowest BCUT2D eigenvalue weighted by Crippen LogP contribution is -2.26. The van der Waals surface area contributed by atoms with Gasteiger partial charge < -0.3 is 4.74 Å². The number of carbonyl (C=O) groups excluding carboxylic acids is 2. The lowest BCUT2D eigenvalue weighted by Gasteiger charge is -2.18. The first kappa shape index (κ1) is 17.4. The summed E-state index contributed by atoms with van der Waals surface area (Å²) in [6, 6.07) is 24.4. The van der Waals surface area contributed by atoms with Gasteiger partial charge in [0.1, 0.15) is 6.61 Å². The Labute approximate surface area is 152 Å². The van der Waals surface area contributed by atoms with Crippen molar-refractivity contribution in [1.82, 2.24) is 0 Å². The van der Waals surface area contributed by atoms with Crippen LogP contribution >= 0.6 is 0 Å². The van der Waals surface area contributed by atoms with Crippen molar-refractivity contribution in [2.45, 2.75) is 6.61 Å². The number of benzene rings is 3. The fourth-order valence-corrected chi connectivity index (χ4v) is 2.67. The monoisotopic (exact) mass is 345 g/mol. The predicted molar refractivity (Wildman–Crippen MR) is 102 cm³/mol. The molecule has 3 rings (SSSR count). The highest BCUT2D eigenvalue weighted by Gasteiger charge is 2.14. The molecule has 0 aromatic heterocycles. The average Bonchev–Trinajstić information content (AvgIpc) is 2.72. The van der Waals surface area contributed by atoms with Crippen molar-refractivity contribution in [1.29, 1.82) is 0 Å². The van der Waals surface area contributed by atoms with Crippen LogP contribution in [0.5, 0.6) is 0 Å². The number of ether oxygens (including phenoxy) is 1. The molecule has 4 heteroatoms. The van der Waals surface area contributed by atoms with Crippen LogP contribution in [0.2, 0.25) is 0 Å². The van der Waals surface area contributed by atoms with E-state index >= 15 is 0 Å². The average molecular weight is 345 g/mol. The van der Waals surface area contributed by atoms with Gasteiger partial charge in [0, 0.05) is 18.3 Å². The van der Waals surface area contributed by atoms with E-state index in [-0.39, 0.29) is 6.61 Å². The van der Waals surface area contributed by atoms with E-state index in [2.05, 4.69) is 0 Å². The molecule has 0 saturated heterocycles. The Morgan fingerprint density at radius 3 is 2.46 bits per heavy atom. The van der Waals surface area contributed by atoms with Crippen LogP contribution in [0, 0.1) is 0 Å². The van der Waals surface area contributed by atoms with Crippen molar-refractivity contribution < 1.29 is 14.3 Å². The molecule has 0 saturated carbocycles. The molecule has 1 amide bonds. The smallest absolute Gasteiger partial charge is 0.414 e. The number of hydrogen-bond acceptors (Lipinski definition) is 3. The third-order valence-corrected chi connectivity index (χ3v) is 4.11. The van der Waals surface area contributed by atoms with Crippen LogP contribution in [0.3, 0.4) is 0 Å². The van der Waals surface area contributed by atoms with Gasteiger partial charge in [-0.25, -0.2) is 4.79 Å². The summed E-state index contributed by atoms with van der Waals surface area (Å²) >= 11 is 0. The standard InChI is InChI=1S/C22H19NO3/c1-23(22(25)26-16-17-8-3-2-4-9-17)20-12-7-11-18(14-20)21-13-6-5-10-19(21)15-24/h2-15H,16H2,1H3. The molecular formula is C22H19NO3. The van der Waals surface area contributed by atoms with E-state index in [1.165, 1.54) is 4.90 Å². The Bertz CT molecular complexity index is 906. The van der Waals surface area contributed by atoms with Gasteiger partial charge in [-0.05, 0) is 28.8 Å². The van der Waals surface area contributed by atoms with Crippen LogP contribution in [-0.2, 0) is 11.3 Å². The fourth-order valence-electron chi connectivity index (χ4n) is 2.67. The van der Waals surface area contributed by atoms with E-state index in [9.17, 15) is 9.59 Å². The molecule has 3 aromatic rings. The second kappa shape index (κ2) is 8.12. The number of aldehydes is 1. The van der Waals surface area contributed by atoms with Crippen molar-refractivity contribution in [2.75, 3.05) is 11.9 Å². The molecule has 0 fully saturated rings. The first-order chi connectivity index (χ1) is 12.7. The topological polar surface area (TPSA) is 46.6 Å². The van der Waals surface area contributed by atoms with Crippen LogP contribution in [0.1, 0.15) is 15.9 Å². The summed E-state index contributed by atoms with van der Waals surface area (Å²) in [7, 11) is 1.66. The zero-order valence-corrected chi connectivity index (χ0v) is 14.5. The Kier molecular flexibility index (Phi) is 5.44. The van der Waals surface area contributed by atoms with Crippen molar-refractivity contribution in [3.63, 3.8) is 0 Å². The normalized spacial score (nSPS) is 10.2. The number of nitrogens with zero attached hydrogens (tertiary/aromatic N) is 1. The molecule has 3 aromatic carbocycles. The van der Waals surface area contributed by atoms with E-state index in [0.717, 1.165) is 23.0 Å². The predicted octanol–water partition coefficient (Wildman–Crippen LogP) is 4.94. The van der Waals surface area contributed by atoms with Crippen LogP contribution < -0.4 is 4.90 Å². The van der Waals surface area contributed by atoms with Crippen molar-refractivity contribution in [2.24, 2.45) is 0 Å². The van der Waals surface area contributed by atoms with E-state index in [1.54, 1.807) is 13.1 Å². The van der Waals surface area contributed by atoms with Crippen LogP contribution in [-0.4, -0.2) is 19.4 Å². The van der Waals surface area contributed by atoms with Gasteiger partial charge in [-0.1, -0.05) is 66.7 Å². The number of amides is 1. The summed E-state index contributed by atoms with van der Waals surface area (Å²) in [5.74, 6) is 0. The second-order valence-electron chi connectivity index (χ2n) is 5.85. The summed E-state index contributed by atoms with van der Waals surface area (Å²) in [4.78, 5) is 25.1. The lowest BCUT2D eigenvalue weighted by molar-refractivity contribution is 0.112. The Hall–Kier alpha value is -3.40. The molecule has 130 valence electrons. The van der Waals surface area contributed by atoms with Crippen molar-refractivity contribution in [3.05, 3.63) is 90.0 Å². The summed E-state index contributed by atoms with van der Waals surface area (Å²) in [6.45, 7) is 0.220. The third-order valence-electron chi connectivity index (χ3n) is 4.11. The van der Waals surface area contributed by atoms with Crippen molar-refractivity contribution >= 4 is 18.1 Å². The second-order valence-corrected chi connectivity index (χ2v) is 5.85. The fraction of sp³-hybridized carbons (Fsp3) is 0.0909. The Morgan fingerprint density at radius 1 is 0.962 bits per heavy atom. The minimum Gasteiger partial charge on any atom is -0.444 e. The van der Waals surface area contributed by atoms with Gasteiger partial charge in [0.05, 0.1) is 0 Å². The molecule has 0 spiro atoms. The third kappa shape index (κ3) is 3.98. The number of carbonyl (C=O) groups is 2. The molecule has 0 radical (unpaired) electrons. The maximum atomic E-state index is 12.3. The first-order valence-electron chi connectivity index (χ1n) is 8.28. The van der Waals surface area contributed by atoms with Gasteiger partial charge in [-0.3, -0.25) is 9.69 Å². The highest BCUT2D eigenvalue weighted by atomic mass is 16.6. The van der Waals surface area contributed by atoms with Crippen LogP contribution in [0.15, 0.2) is 78.9 Å². The molecule has 0 aliphatic heterocycles. The summed E-state index contributed by atoms with van der Waals surface area (Å²) < 4.78 is 5.37. The molecule has 0 N–H and O–H groups in total. The quantitative estimate of drug-likeness (QED) is 0.615. The highest BCUT2D eigenvalue weighted by molar-refractivity contribution is 5.91. The van der Waals surface area contributed by atoms with Gasteiger partial charge in [0.25, 0.3) is 0 Å². The van der Waals surface area contributed by atoms with Gasteiger partial charge in [-0.15, -0.1) is 0 Å². The summed E-state index contributed by atoms with van der Waals surface area (Å²) in [6.07, 6.45) is 0.398. The molecule has 0 bridgehead atoms. The zero-order valence-electron chi connectivity index (χ0n) is 14.5. The summed E-state index contributed by atoms with van der Waals surface area (Å²) in [5, 5.41) is 0. The molecule has 0 atom stereocenters. The minimum atomic E-state index is -0.435. The molecule has 0 aliphatic carbocycles.